The maximum Gasteiger partial charge on any atom is 0.391 e. The van der Waals surface area contributed by atoms with Crippen LogP contribution in [-0.2, 0) is 0 Å². The van der Waals surface area contributed by atoms with Crippen molar-refractivity contribution >= 4 is 5.69 Å². The summed E-state index contributed by atoms with van der Waals surface area (Å²) in [5.41, 5.74) is 0.770. The summed E-state index contributed by atoms with van der Waals surface area (Å²) in [4.78, 5) is 0. The molecule has 0 bridgehead atoms. The quantitative estimate of drug-likeness (QED) is 0.909. The molecule has 3 nitrogen and oxygen atoms in total. The Morgan fingerprint density at radius 3 is 2.57 bits per heavy atom. The van der Waals surface area contributed by atoms with Gasteiger partial charge in [-0.15, -0.1) is 0 Å². The minimum atomic E-state index is -4.10. The number of halogens is 3. The van der Waals surface area contributed by atoms with E-state index in [1.54, 1.807) is 24.3 Å². The Bertz CT molecular complexity index is 493. The zero-order valence-corrected chi connectivity index (χ0v) is 11.5. The van der Waals surface area contributed by atoms with E-state index >= 15 is 0 Å². The van der Waals surface area contributed by atoms with Crippen molar-refractivity contribution in [1.82, 2.24) is 0 Å². The SMILES string of the molecule is N#CCOc1ccc(NC2CCCC(C(F)(F)F)C2)cc1. The number of alkyl halides is 3. The van der Waals surface area contributed by atoms with Gasteiger partial charge in [-0.2, -0.15) is 18.4 Å². The van der Waals surface area contributed by atoms with Crippen molar-refractivity contribution in [3.05, 3.63) is 24.3 Å². The average Bonchev–Trinajstić information content (AvgIpc) is 2.46. The van der Waals surface area contributed by atoms with Crippen LogP contribution in [0.15, 0.2) is 24.3 Å². The van der Waals surface area contributed by atoms with Crippen LogP contribution in [0.1, 0.15) is 25.7 Å². The predicted octanol–water partition coefficient (Wildman–Crippen LogP) is 4.12. The fraction of sp³-hybridized carbons (Fsp3) is 0.533. The molecule has 0 radical (unpaired) electrons. The number of nitriles is 1. The summed E-state index contributed by atoms with van der Waals surface area (Å²) < 4.78 is 43.4. The lowest BCUT2D eigenvalue weighted by molar-refractivity contribution is -0.182. The summed E-state index contributed by atoms with van der Waals surface area (Å²) >= 11 is 0. The minimum Gasteiger partial charge on any atom is -0.479 e. The van der Waals surface area contributed by atoms with Crippen LogP contribution in [0.3, 0.4) is 0 Å². The first-order valence-electron chi connectivity index (χ1n) is 6.92. The van der Waals surface area contributed by atoms with Crippen molar-refractivity contribution in [3.63, 3.8) is 0 Å². The number of nitrogens with zero attached hydrogens (tertiary/aromatic N) is 1. The monoisotopic (exact) mass is 298 g/mol. The topological polar surface area (TPSA) is 45.0 Å². The van der Waals surface area contributed by atoms with Gasteiger partial charge in [-0.3, -0.25) is 0 Å². The number of nitrogens with one attached hydrogen (secondary N) is 1. The molecule has 0 heterocycles. The highest BCUT2D eigenvalue weighted by atomic mass is 19.4. The molecule has 1 aromatic carbocycles. The van der Waals surface area contributed by atoms with Crippen molar-refractivity contribution in [2.75, 3.05) is 11.9 Å². The first kappa shape index (κ1) is 15.5. The third-order valence-electron chi connectivity index (χ3n) is 3.67. The second kappa shape index (κ2) is 6.70. The van der Waals surface area contributed by atoms with Crippen molar-refractivity contribution in [2.45, 2.75) is 37.9 Å². The third kappa shape index (κ3) is 4.55. The molecule has 2 unspecified atom stereocenters. The van der Waals surface area contributed by atoms with Crippen molar-refractivity contribution in [2.24, 2.45) is 5.92 Å². The van der Waals surface area contributed by atoms with E-state index in [4.69, 9.17) is 10.00 Å². The van der Waals surface area contributed by atoms with E-state index in [0.717, 1.165) is 12.1 Å². The molecule has 2 atom stereocenters. The number of hydrogen-bond donors (Lipinski definition) is 1. The lowest BCUT2D eigenvalue weighted by atomic mass is 9.85. The van der Waals surface area contributed by atoms with Gasteiger partial charge in [0.15, 0.2) is 6.61 Å². The van der Waals surface area contributed by atoms with E-state index in [1.807, 2.05) is 6.07 Å². The molecule has 114 valence electrons. The van der Waals surface area contributed by atoms with Crippen LogP contribution in [0.5, 0.6) is 5.75 Å². The molecule has 1 saturated carbocycles. The predicted molar refractivity (Wildman–Crippen MR) is 73.0 cm³/mol. The van der Waals surface area contributed by atoms with Gasteiger partial charge in [-0.25, -0.2) is 0 Å². The molecule has 1 fully saturated rings. The van der Waals surface area contributed by atoms with Crippen LogP contribution in [0.2, 0.25) is 0 Å². The molecular formula is C15H17F3N2O. The van der Waals surface area contributed by atoms with Gasteiger partial charge in [0.25, 0.3) is 0 Å². The molecule has 0 spiro atoms. The third-order valence-corrected chi connectivity index (χ3v) is 3.67. The minimum absolute atomic E-state index is 0.0251. The molecule has 1 aliphatic rings. The highest BCUT2D eigenvalue weighted by Crippen LogP contribution is 2.38. The maximum atomic E-state index is 12.8. The van der Waals surface area contributed by atoms with E-state index in [2.05, 4.69) is 5.32 Å². The van der Waals surface area contributed by atoms with Gasteiger partial charge in [0.1, 0.15) is 11.8 Å². The number of benzene rings is 1. The van der Waals surface area contributed by atoms with Crippen LogP contribution < -0.4 is 10.1 Å². The van der Waals surface area contributed by atoms with Gasteiger partial charge in [0.2, 0.25) is 0 Å². The summed E-state index contributed by atoms with van der Waals surface area (Å²) in [6, 6.07) is 8.62. The molecule has 2 rings (SSSR count). The van der Waals surface area contributed by atoms with E-state index in [9.17, 15) is 13.2 Å². The number of anilines is 1. The van der Waals surface area contributed by atoms with Crippen molar-refractivity contribution in [3.8, 4) is 11.8 Å². The molecule has 0 saturated heterocycles. The van der Waals surface area contributed by atoms with Gasteiger partial charge in [-0.1, -0.05) is 6.42 Å². The Balaban J connectivity index is 1.91. The Morgan fingerprint density at radius 1 is 1.24 bits per heavy atom. The summed E-state index contributed by atoms with van der Waals surface area (Å²) in [5.74, 6) is -0.638. The first-order valence-corrected chi connectivity index (χ1v) is 6.92. The Kier molecular flexibility index (Phi) is 4.94. The standard InChI is InChI=1S/C15H17F3N2O/c16-15(17,18)11-2-1-3-13(10-11)20-12-4-6-14(7-5-12)21-9-8-19/h4-7,11,13,20H,1-3,9-10H2. The van der Waals surface area contributed by atoms with Crippen LogP contribution in [0.4, 0.5) is 18.9 Å². The Morgan fingerprint density at radius 2 is 1.95 bits per heavy atom. The maximum absolute atomic E-state index is 12.8. The summed E-state index contributed by atoms with van der Waals surface area (Å²) in [6.07, 6.45) is -2.42. The number of rotatable bonds is 4. The van der Waals surface area contributed by atoms with Crippen molar-refractivity contribution in [1.29, 1.82) is 5.26 Å². The fourth-order valence-electron chi connectivity index (χ4n) is 2.62. The normalized spacial score (nSPS) is 22.4. The molecular weight excluding hydrogens is 281 g/mol. The van der Waals surface area contributed by atoms with Crippen LogP contribution in [0, 0.1) is 17.2 Å². The molecule has 6 heteroatoms. The second-order valence-electron chi connectivity index (χ2n) is 5.22. The molecule has 21 heavy (non-hydrogen) atoms. The number of hydrogen-bond acceptors (Lipinski definition) is 3. The molecule has 1 aliphatic carbocycles. The van der Waals surface area contributed by atoms with E-state index in [0.29, 0.717) is 12.2 Å². The first-order chi connectivity index (χ1) is 9.99. The van der Waals surface area contributed by atoms with Gasteiger partial charge in [-0.05, 0) is 43.5 Å². The lowest BCUT2D eigenvalue weighted by Gasteiger charge is -2.31. The molecule has 0 amide bonds. The lowest BCUT2D eigenvalue weighted by Crippen LogP contribution is -2.34. The van der Waals surface area contributed by atoms with Gasteiger partial charge < -0.3 is 10.1 Å². The molecule has 0 aromatic heterocycles. The zero-order valence-electron chi connectivity index (χ0n) is 11.5. The fourth-order valence-corrected chi connectivity index (χ4v) is 2.62. The summed E-state index contributed by atoms with van der Waals surface area (Å²) in [7, 11) is 0. The van der Waals surface area contributed by atoms with Gasteiger partial charge in [0.05, 0.1) is 5.92 Å². The molecule has 1 N–H and O–H groups in total. The average molecular weight is 298 g/mol. The number of ether oxygens (including phenoxy) is 1. The van der Waals surface area contributed by atoms with E-state index in [-0.39, 0.29) is 25.5 Å². The molecule has 1 aromatic rings. The van der Waals surface area contributed by atoms with Crippen LogP contribution in [-0.4, -0.2) is 18.8 Å². The highest BCUT2D eigenvalue weighted by molar-refractivity contribution is 5.47. The van der Waals surface area contributed by atoms with Crippen LogP contribution in [0.25, 0.3) is 0 Å². The van der Waals surface area contributed by atoms with E-state index in [1.165, 1.54) is 0 Å². The second-order valence-corrected chi connectivity index (χ2v) is 5.22. The van der Waals surface area contributed by atoms with Crippen molar-refractivity contribution < 1.29 is 17.9 Å². The van der Waals surface area contributed by atoms with E-state index < -0.39 is 12.1 Å². The summed E-state index contributed by atoms with van der Waals surface area (Å²) in [6.45, 7) is -0.0251. The highest BCUT2D eigenvalue weighted by Gasteiger charge is 2.42. The smallest absolute Gasteiger partial charge is 0.391 e. The van der Waals surface area contributed by atoms with Gasteiger partial charge >= 0.3 is 6.18 Å². The summed E-state index contributed by atoms with van der Waals surface area (Å²) in [5, 5.41) is 11.6. The van der Waals surface area contributed by atoms with Gasteiger partial charge in [0, 0.05) is 11.7 Å². The van der Waals surface area contributed by atoms with Crippen LogP contribution >= 0.6 is 0 Å². The largest absolute Gasteiger partial charge is 0.479 e. The Labute approximate surface area is 121 Å². The molecule has 0 aliphatic heterocycles. The zero-order chi connectivity index (χ0) is 15.3. The Hall–Kier alpha value is -1.90.